The normalized spacial score (nSPS) is 18.9. The number of primary amides is 1. The molecule has 2 amide bonds. The molecule has 0 spiro atoms. The number of amides is 2. The Bertz CT molecular complexity index is 1800. The SMILES string of the molecule is C[C@]1(C(N)=O)COc2c1cc(C(O)(CNC(=O)c1cc(OC3CC3)c3ncc(Cl)cc3c1)C(F)F)nc2-c1ccc(F)cc1. The van der Waals surface area contributed by atoms with Crippen LogP contribution in [-0.4, -0.2) is 52.6 Å². The van der Waals surface area contributed by atoms with Crippen molar-refractivity contribution in [3.05, 3.63) is 82.4 Å². The predicted molar refractivity (Wildman–Crippen MR) is 154 cm³/mol. The zero-order valence-electron chi connectivity index (χ0n) is 23.2. The third-order valence-electron chi connectivity index (χ3n) is 7.85. The van der Waals surface area contributed by atoms with Crippen LogP contribution in [0.15, 0.2) is 54.7 Å². The highest BCUT2D eigenvalue weighted by atomic mass is 35.5. The largest absolute Gasteiger partial charge is 0.489 e. The van der Waals surface area contributed by atoms with E-state index in [0.29, 0.717) is 21.7 Å². The van der Waals surface area contributed by atoms with Gasteiger partial charge in [-0.1, -0.05) is 11.6 Å². The van der Waals surface area contributed by atoms with Crippen LogP contribution in [0, 0.1) is 5.82 Å². The zero-order chi connectivity index (χ0) is 31.4. The Morgan fingerprint density at radius 3 is 2.61 bits per heavy atom. The molecule has 2 aromatic heterocycles. The highest BCUT2D eigenvalue weighted by Gasteiger charge is 2.48. The minimum Gasteiger partial charge on any atom is -0.489 e. The van der Waals surface area contributed by atoms with Crippen LogP contribution >= 0.6 is 11.6 Å². The number of aromatic nitrogens is 2. The number of pyridine rings is 2. The smallest absolute Gasteiger partial charge is 0.274 e. The molecule has 2 aliphatic rings. The lowest BCUT2D eigenvalue weighted by molar-refractivity contribution is -0.123. The minimum absolute atomic E-state index is 0.00588. The third kappa shape index (κ3) is 5.28. The average Bonchev–Trinajstić information content (AvgIpc) is 3.75. The van der Waals surface area contributed by atoms with Crippen LogP contribution in [0.25, 0.3) is 22.2 Å². The van der Waals surface area contributed by atoms with Gasteiger partial charge in [-0.3, -0.25) is 14.6 Å². The predicted octanol–water partition coefficient (Wildman–Crippen LogP) is 4.65. The molecule has 1 aliphatic carbocycles. The summed E-state index contributed by atoms with van der Waals surface area (Å²) in [6.07, 6.45) is -0.315. The van der Waals surface area contributed by atoms with E-state index in [1.807, 2.05) is 0 Å². The van der Waals surface area contributed by atoms with Gasteiger partial charge in [0.05, 0.1) is 23.4 Å². The van der Waals surface area contributed by atoms with Gasteiger partial charge in [-0.25, -0.2) is 18.2 Å². The fourth-order valence-electron chi connectivity index (χ4n) is 4.99. The zero-order valence-corrected chi connectivity index (χ0v) is 24.0. The molecule has 44 heavy (non-hydrogen) atoms. The topological polar surface area (TPSA) is 137 Å². The molecule has 4 aromatic rings. The summed E-state index contributed by atoms with van der Waals surface area (Å²) in [6, 6.07) is 10.7. The standard InChI is InChI=1S/C31H26ClF3N4O5/c1-30(29(36)41)14-43-26-21(30)11-23(39-25(26)15-2-4-19(33)5-3-15)31(42,28(34)35)13-38-27(40)17-8-16-9-18(32)12-37-24(16)22(10-17)44-20-6-7-20/h2-5,8-12,20,28,42H,6-7,13-14H2,1H3,(H2,36,41)(H,38,40)/t30-,31?/m0/s1. The van der Waals surface area contributed by atoms with Crippen molar-refractivity contribution < 1.29 is 37.3 Å². The first-order chi connectivity index (χ1) is 20.9. The van der Waals surface area contributed by atoms with Crippen LogP contribution in [0.2, 0.25) is 5.02 Å². The monoisotopic (exact) mass is 626 g/mol. The van der Waals surface area contributed by atoms with Gasteiger partial charge in [-0.15, -0.1) is 0 Å². The van der Waals surface area contributed by atoms with Gasteiger partial charge in [0.25, 0.3) is 12.3 Å². The molecule has 6 rings (SSSR count). The molecule has 2 atom stereocenters. The summed E-state index contributed by atoms with van der Waals surface area (Å²) in [5.41, 5.74) is 1.60. The van der Waals surface area contributed by atoms with Gasteiger partial charge in [0.2, 0.25) is 5.91 Å². The maximum Gasteiger partial charge on any atom is 0.274 e. The van der Waals surface area contributed by atoms with E-state index < -0.39 is 47.3 Å². The number of fused-ring (bicyclic) bond motifs is 2. The lowest BCUT2D eigenvalue weighted by Gasteiger charge is -2.29. The number of carbonyl (C=O) groups excluding carboxylic acids is 2. The summed E-state index contributed by atoms with van der Waals surface area (Å²) < 4.78 is 54.8. The molecule has 2 aromatic carbocycles. The average molecular weight is 627 g/mol. The van der Waals surface area contributed by atoms with Crippen LogP contribution in [0.4, 0.5) is 13.2 Å². The van der Waals surface area contributed by atoms with Gasteiger partial charge < -0.3 is 25.6 Å². The number of nitrogens with one attached hydrogen (secondary N) is 1. The molecule has 1 saturated carbocycles. The second-order valence-corrected chi connectivity index (χ2v) is 11.6. The Balaban J connectivity index is 1.38. The Labute approximate surface area is 254 Å². The van der Waals surface area contributed by atoms with Gasteiger partial charge in [-0.05, 0) is 68.3 Å². The summed E-state index contributed by atoms with van der Waals surface area (Å²) >= 11 is 6.11. The molecule has 3 heterocycles. The Kier molecular flexibility index (Phi) is 7.37. The fraction of sp³-hybridized carbons (Fsp3) is 0.290. The lowest BCUT2D eigenvalue weighted by Crippen LogP contribution is -2.47. The van der Waals surface area contributed by atoms with Crippen molar-refractivity contribution in [2.24, 2.45) is 5.73 Å². The van der Waals surface area contributed by atoms with Crippen LogP contribution in [0.1, 0.15) is 41.4 Å². The van der Waals surface area contributed by atoms with E-state index in [4.69, 9.17) is 26.8 Å². The Hall–Kier alpha value is -4.42. The summed E-state index contributed by atoms with van der Waals surface area (Å²) in [5, 5.41) is 14.6. The van der Waals surface area contributed by atoms with Gasteiger partial charge in [0.15, 0.2) is 5.60 Å². The number of hydrogen-bond donors (Lipinski definition) is 3. The Morgan fingerprint density at radius 1 is 1.23 bits per heavy atom. The van der Waals surface area contributed by atoms with E-state index in [-0.39, 0.29) is 40.8 Å². The van der Waals surface area contributed by atoms with Crippen molar-refractivity contribution in [1.82, 2.24) is 15.3 Å². The van der Waals surface area contributed by atoms with Crippen molar-refractivity contribution in [3.8, 4) is 22.8 Å². The lowest BCUT2D eigenvalue weighted by atomic mass is 9.82. The van der Waals surface area contributed by atoms with Crippen molar-refractivity contribution in [3.63, 3.8) is 0 Å². The Morgan fingerprint density at radius 2 is 1.95 bits per heavy atom. The molecule has 1 fully saturated rings. The highest BCUT2D eigenvalue weighted by Crippen LogP contribution is 2.46. The van der Waals surface area contributed by atoms with Gasteiger partial charge in [0.1, 0.15) is 40.5 Å². The van der Waals surface area contributed by atoms with Gasteiger partial charge in [-0.2, -0.15) is 0 Å². The molecular formula is C31H26ClF3N4O5. The first-order valence-corrected chi connectivity index (χ1v) is 14.1. The van der Waals surface area contributed by atoms with Crippen LogP contribution in [0.5, 0.6) is 11.5 Å². The second kappa shape index (κ2) is 10.9. The number of benzene rings is 2. The van der Waals surface area contributed by atoms with Gasteiger partial charge in [0, 0.05) is 28.3 Å². The molecular weight excluding hydrogens is 601 g/mol. The molecule has 1 aliphatic heterocycles. The van der Waals surface area contributed by atoms with Crippen molar-refractivity contribution in [2.45, 2.75) is 43.3 Å². The molecule has 13 heteroatoms. The fourth-order valence-corrected chi connectivity index (χ4v) is 5.15. The molecule has 1 unspecified atom stereocenters. The van der Waals surface area contributed by atoms with Crippen LogP contribution in [0.3, 0.4) is 0 Å². The molecule has 228 valence electrons. The quantitative estimate of drug-likeness (QED) is 0.246. The number of aliphatic hydroxyl groups is 1. The number of halogens is 4. The maximum atomic E-state index is 14.7. The molecule has 9 nitrogen and oxygen atoms in total. The van der Waals surface area contributed by atoms with E-state index in [1.165, 1.54) is 37.4 Å². The molecule has 0 bridgehead atoms. The number of alkyl halides is 2. The van der Waals surface area contributed by atoms with E-state index in [9.17, 15) is 27.9 Å². The summed E-state index contributed by atoms with van der Waals surface area (Å²) in [5.74, 6) is -1.69. The van der Waals surface area contributed by atoms with E-state index in [2.05, 4.69) is 15.3 Å². The van der Waals surface area contributed by atoms with Crippen molar-refractivity contribution in [1.29, 1.82) is 0 Å². The van der Waals surface area contributed by atoms with Crippen molar-refractivity contribution >= 4 is 34.3 Å². The number of rotatable bonds is 9. The molecule has 4 N–H and O–H groups in total. The van der Waals surface area contributed by atoms with Crippen LogP contribution < -0.4 is 20.5 Å². The molecule has 0 saturated heterocycles. The highest BCUT2D eigenvalue weighted by molar-refractivity contribution is 6.31. The first kappa shape index (κ1) is 29.6. The molecule has 0 radical (unpaired) electrons. The maximum absolute atomic E-state index is 14.7. The van der Waals surface area contributed by atoms with E-state index in [0.717, 1.165) is 31.0 Å². The van der Waals surface area contributed by atoms with E-state index in [1.54, 1.807) is 6.07 Å². The number of ether oxygens (including phenoxy) is 2. The number of carbonyl (C=O) groups is 2. The third-order valence-corrected chi connectivity index (χ3v) is 8.06. The first-order valence-electron chi connectivity index (χ1n) is 13.7. The summed E-state index contributed by atoms with van der Waals surface area (Å²) in [4.78, 5) is 34.3. The van der Waals surface area contributed by atoms with E-state index >= 15 is 0 Å². The summed E-state index contributed by atoms with van der Waals surface area (Å²) in [6.45, 7) is 0.314. The van der Waals surface area contributed by atoms with Crippen molar-refractivity contribution in [2.75, 3.05) is 13.2 Å². The van der Waals surface area contributed by atoms with Crippen LogP contribution in [-0.2, 0) is 15.8 Å². The summed E-state index contributed by atoms with van der Waals surface area (Å²) in [7, 11) is 0. The second-order valence-electron chi connectivity index (χ2n) is 11.1. The number of nitrogens with zero attached hydrogens (tertiary/aromatic N) is 2. The van der Waals surface area contributed by atoms with Gasteiger partial charge >= 0.3 is 0 Å². The number of hydrogen-bond acceptors (Lipinski definition) is 7. The minimum atomic E-state index is -3.44. The number of nitrogens with two attached hydrogens (primary N) is 1.